The quantitative estimate of drug-likeness (QED) is 0.187. The first-order valence-electron chi connectivity index (χ1n) is 7.06. The fourth-order valence-electron chi connectivity index (χ4n) is 2.04. The summed E-state index contributed by atoms with van der Waals surface area (Å²) in [5.74, 6) is 0.726. The van der Waals surface area contributed by atoms with Crippen molar-refractivity contribution in [1.82, 2.24) is 0 Å². The van der Waals surface area contributed by atoms with Gasteiger partial charge < -0.3 is 5.21 Å². The van der Waals surface area contributed by atoms with Crippen LogP contribution in [0.15, 0.2) is 35.7 Å². The Morgan fingerprint density at radius 1 is 0.944 bits per heavy atom. The maximum absolute atomic E-state index is 9.02. The first kappa shape index (κ1) is 14.7. The number of unbranched alkanes of at least 4 members (excludes halogenated alkanes) is 6. The number of pyridine rings is 1. The van der Waals surface area contributed by atoms with Crippen molar-refractivity contribution in [1.29, 1.82) is 0 Å². The van der Waals surface area contributed by atoms with Gasteiger partial charge in [-0.15, -0.1) is 0 Å². The molecule has 0 saturated carbocycles. The second-order valence-corrected chi connectivity index (χ2v) is 4.67. The van der Waals surface area contributed by atoms with Crippen molar-refractivity contribution in [3.63, 3.8) is 0 Å². The molecule has 0 spiro atoms. The van der Waals surface area contributed by atoms with Crippen molar-refractivity contribution in [3.8, 4) is 0 Å². The normalized spacial score (nSPS) is 11.7. The first-order chi connectivity index (χ1) is 8.88. The van der Waals surface area contributed by atoms with E-state index in [2.05, 4.69) is 12.1 Å². The van der Waals surface area contributed by atoms with Gasteiger partial charge in [0.2, 0.25) is 0 Å². The van der Waals surface area contributed by atoms with Gasteiger partial charge in [0.15, 0.2) is 0 Å². The number of hydrogen-bond acceptors (Lipinski definition) is 2. The Kier molecular flexibility index (Phi) is 7.85. The van der Waals surface area contributed by atoms with Gasteiger partial charge in [0, 0.05) is 0 Å². The van der Waals surface area contributed by atoms with Gasteiger partial charge in [0.25, 0.3) is 0 Å². The van der Waals surface area contributed by atoms with Crippen LogP contribution in [0.25, 0.3) is 0 Å². The smallest absolute Gasteiger partial charge is 0.313 e. The highest BCUT2D eigenvalue weighted by Crippen LogP contribution is 2.08. The molecule has 1 heterocycles. The standard InChI is InChI=1S/C15H24N2O/c1-2-3-4-5-6-7-9-12-15(16-18)17-13-10-8-11-14-17/h8,10-11,13-14H,2-7,9,12H2,1H3/p+1. The van der Waals surface area contributed by atoms with Gasteiger partial charge in [-0.25, -0.2) is 4.57 Å². The average molecular weight is 249 g/mol. The molecule has 1 aromatic heterocycles. The predicted molar refractivity (Wildman–Crippen MR) is 73.9 cm³/mol. The third-order valence-corrected chi connectivity index (χ3v) is 3.13. The Bertz CT molecular complexity index is 336. The van der Waals surface area contributed by atoms with E-state index in [1.54, 1.807) is 0 Å². The van der Waals surface area contributed by atoms with Gasteiger partial charge in [0.1, 0.15) is 5.16 Å². The highest BCUT2D eigenvalue weighted by atomic mass is 16.4. The molecule has 1 rings (SSSR count). The van der Waals surface area contributed by atoms with Crippen molar-refractivity contribution in [2.24, 2.45) is 5.16 Å². The molecule has 18 heavy (non-hydrogen) atoms. The van der Waals surface area contributed by atoms with Crippen LogP contribution < -0.4 is 4.57 Å². The Hall–Kier alpha value is -1.38. The summed E-state index contributed by atoms with van der Waals surface area (Å²) in [5, 5.41) is 12.4. The topological polar surface area (TPSA) is 36.5 Å². The minimum Gasteiger partial charge on any atom is -0.313 e. The van der Waals surface area contributed by atoms with E-state index in [1.807, 2.05) is 35.2 Å². The molecular formula is C15H25N2O+. The summed E-state index contributed by atoms with van der Waals surface area (Å²) in [6.07, 6.45) is 13.6. The Labute approximate surface area is 110 Å². The molecular weight excluding hydrogens is 224 g/mol. The van der Waals surface area contributed by atoms with Crippen LogP contribution in [0.2, 0.25) is 0 Å². The van der Waals surface area contributed by atoms with Gasteiger partial charge in [-0.05, 0) is 18.6 Å². The largest absolute Gasteiger partial charge is 0.349 e. The summed E-state index contributed by atoms with van der Waals surface area (Å²) >= 11 is 0. The maximum atomic E-state index is 9.02. The highest BCUT2D eigenvalue weighted by molar-refractivity contribution is 5.72. The summed E-state index contributed by atoms with van der Waals surface area (Å²) in [5.41, 5.74) is 0. The number of aromatic nitrogens is 1. The summed E-state index contributed by atoms with van der Waals surface area (Å²) in [4.78, 5) is 0. The molecule has 3 nitrogen and oxygen atoms in total. The zero-order valence-corrected chi connectivity index (χ0v) is 11.4. The van der Waals surface area contributed by atoms with E-state index in [9.17, 15) is 0 Å². The zero-order valence-electron chi connectivity index (χ0n) is 11.4. The number of oxime groups is 1. The van der Waals surface area contributed by atoms with Crippen molar-refractivity contribution in [3.05, 3.63) is 30.6 Å². The van der Waals surface area contributed by atoms with Crippen LogP contribution in [0.4, 0.5) is 0 Å². The van der Waals surface area contributed by atoms with Crippen molar-refractivity contribution in [2.75, 3.05) is 0 Å². The van der Waals surface area contributed by atoms with Crippen LogP contribution in [0.5, 0.6) is 0 Å². The lowest BCUT2D eigenvalue weighted by molar-refractivity contribution is -0.559. The molecule has 0 fully saturated rings. The molecule has 0 unspecified atom stereocenters. The summed E-state index contributed by atoms with van der Waals surface area (Å²) < 4.78 is 1.87. The minimum absolute atomic E-state index is 0.726. The lowest BCUT2D eigenvalue weighted by atomic mass is 10.1. The van der Waals surface area contributed by atoms with Gasteiger partial charge in [-0.1, -0.05) is 51.5 Å². The van der Waals surface area contributed by atoms with E-state index in [4.69, 9.17) is 5.21 Å². The SMILES string of the molecule is CCCCCCCCCC(=NO)[n+]1ccccc1. The molecule has 0 amide bonds. The van der Waals surface area contributed by atoms with Gasteiger partial charge >= 0.3 is 5.84 Å². The molecule has 1 aromatic rings. The van der Waals surface area contributed by atoms with Crippen LogP contribution in [0.3, 0.4) is 0 Å². The van der Waals surface area contributed by atoms with E-state index < -0.39 is 0 Å². The molecule has 3 heteroatoms. The van der Waals surface area contributed by atoms with E-state index in [0.717, 1.165) is 18.7 Å². The highest BCUT2D eigenvalue weighted by Gasteiger charge is 2.11. The lowest BCUT2D eigenvalue weighted by Gasteiger charge is -2.00. The number of nitrogens with zero attached hydrogens (tertiary/aromatic N) is 2. The zero-order chi connectivity index (χ0) is 13.1. The number of hydrogen-bond donors (Lipinski definition) is 1. The molecule has 0 aliphatic carbocycles. The van der Waals surface area contributed by atoms with Gasteiger partial charge in [-0.2, -0.15) is 0 Å². The van der Waals surface area contributed by atoms with Crippen LogP contribution in [0, 0.1) is 0 Å². The summed E-state index contributed by atoms with van der Waals surface area (Å²) in [6, 6.07) is 5.84. The fraction of sp³-hybridized carbons (Fsp3) is 0.600. The summed E-state index contributed by atoms with van der Waals surface area (Å²) in [6.45, 7) is 2.24. The number of rotatable bonds is 8. The molecule has 1 N–H and O–H groups in total. The second kappa shape index (κ2) is 9.63. The molecule has 0 aliphatic heterocycles. The molecule has 0 saturated heterocycles. The van der Waals surface area contributed by atoms with Crippen LogP contribution in [-0.4, -0.2) is 11.0 Å². The molecule has 0 atom stereocenters. The van der Waals surface area contributed by atoms with E-state index in [0.29, 0.717) is 0 Å². The second-order valence-electron chi connectivity index (χ2n) is 4.67. The van der Waals surface area contributed by atoms with Crippen LogP contribution >= 0.6 is 0 Å². The first-order valence-corrected chi connectivity index (χ1v) is 7.06. The summed E-state index contributed by atoms with van der Waals surface area (Å²) in [7, 11) is 0. The molecule has 0 radical (unpaired) electrons. The third-order valence-electron chi connectivity index (χ3n) is 3.13. The van der Waals surface area contributed by atoms with Crippen molar-refractivity contribution < 1.29 is 9.77 Å². The Morgan fingerprint density at radius 2 is 1.56 bits per heavy atom. The fourth-order valence-corrected chi connectivity index (χ4v) is 2.04. The van der Waals surface area contributed by atoms with Crippen LogP contribution in [0.1, 0.15) is 58.3 Å². The van der Waals surface area contributed by atoms with E-state index in [1.165, 1.54) is 38.5 Å². The lowest BCUT2D eigenvalue weighted by Crippen LogP contribution is -2.41. The van der Waals surface area contributed by atoms with Crippen molar-refractivity contribution >= 4 is 5.84 Å². The molecule has 100 valence electrons. The molecule has 0 aromatic carbocycles. The third kappa shape index (κ3) is 5.80. The van der Waals surface area contributed by atoms with E-state index >= 15 is 0 Å². The minimum atomic E-state index is 0.726. The van der Waals surface area contributed by atoms with Crippen LogP contribution in [-0.2, 0) is 0 Å². The Balaban J connectivity index is 2.18. The molecule has 0 aliphatic rings. The van der Waals surface area contributed by atoms with Gasteiger partial charge in [-0.3, -0.25) is 0 Å². The van der Waals surface area contributed by atoms with E-state index in [-0.39, 0.29) is 0 Å². The maximum Gasteiger partial charge on any atom is 0.349 e. The monoisotopic (exact) mass is 249 g/mol. The molecule has 0 bridgehead atoms. The van der Waals surface area contributed by atoms with Crippen molar-refractivity contribution in [2.45, 2.75) is 58.3 Å². The van der Waals surface area contributed by atoms with Gasteiger partial charge in [0.05, 0.1) is 18.8 Å². The average Bonchev–Trinajstić information content (AvgIpc) is 2.43. The predicted octanol–water partition coefficient (Wildman–Crippen LogP) is 3.75. The Morgan fingerprint density at radius 3 is 2.17 bits per heavy atom.